The molecule has 2 aliphatic rings. The summed E-state index contributed by atoms with van der Waals surface area (Å²) in [6.45, 7) is 5.08. The Balaban J connectivity index is 1.39. The predicted molar refractivity (Wildman–Crippen MR) is 137 cm³/mol. The number of nitrogens with one attached hydrogen (secondary N) is 1. The van der Waals surface area contributed by atoms with Crippen molar-refractivity contribution in [1.82, 2.24) is 14.8 Å². The molecule has 3 heterocycles. The lowest BCUT2D eigenvalue weighted by molar-refractivity contribution is 0.134. The van der Waals surface area contributed by atoms with E-state index in [1.807, 2.05) is 18.2 Å². The van der Waals surface area contributed by atoms with Crippen molar-refractivity contribution in [2.75, 3.05) is 39.1 Å². The summed E-state index contributed by atoms with van der Waals surface area (Å²) in [4.78, 5) is 15.1. The Morgan fingerprint density at radius 2 is 1.94 bits per heavy atom. The molecule has 2 aromatic carbocycles. The number of fused-ring (bicyclic) bond motifs is 2. The van der Waals surface area contributed by atoms with Crippen LogP contribution in [-0.2, 0) is 12.8 Å². The van der Waals surface area contributed by atoms with Crippen molar-refractivity contribution in [3.63, 3.8) is 0 Å². The molecule has 0 radical (unpaired) electrons. The van der Waals surface area contributed by atoms with Gasteiger partial charge in [-0.2, -0.15) is 0 Å². The maximum absolute atomic E-state index is 5.30. The molecule has 1 unspecified atom stereocenters. The number of benzene rings is 2. The lowest BCUT2D eigenvalue weighted by atomic mass is 10.0. The van der Waals surface area contributed by atoms with Gasteiger partial charge in [-0.05, 0) is 56.1 Å². The van der Waals surface area contributed by atoms with Crippen molar-refractivity contribution < 1.29 is 4.74 Å². The number of aliphatic imine (C=N–C) groups is 1. The smallest absolute Gasteiger partial charge is 0.158 e. The van der Waals surface area contributed by atoms with Crippen LogP contribution in [0.1, 0.15) is 29.6 Å². The van der Waals surface area contributed by atoms with Gasteiger partial charge in [0.2, 0.25) is 0 Å². The van der Waals surface area contributed by atoms with Gasteiger partial charge in [-0.3, -0.25) is 4.90 Å². The number of anilines is 2. The number of aryl methyl sites for hydroxylation is 2. The Bertz CT molecular complexity index is 1140. The number of piperazine rings is 1. The maximum atomic E-state index is 5.30. The maximum Gasteiger partial charge on any atom is 0.158 e. The number of likely N-dealkylation sites (N-methyl/N-ethyl adjacent to an activating group) is 1. The Kier molecular flexibility index (Phi) is 6.33. The second-order valence-electron chi connectivity index (χ2n) is 8.68. The summed E-state index contributed by atoms with van der Waals surface area (Å²) in [5.74, 6) is 1.91. The van der Waals surface area contributed by atoms with Crippen LogP contribution in [-0.4, -0.2) is 60.5 Å². The third-order valence-electron chi connectivity index (χ3n) is 6.57. The molecule has 1 fully saturated rings. The van der Waals surface area contributed by atoms with E-state index >= 15 is 0 Å². The van der Waals surface area contributed by atoms with Gasteiger partial charge in [0.1, 0.15) is 16.4 Å². The number of ether oxygens (including phenoxy) is 1. The van der Waals surface area contributed by atoms with Crippen molar-refractivity contribution in [3.8, 4) is 5.75 Å². The van der Waals surface area contributed by atoms with Gasteiger partial charge in [0, 0.05) is 25.7 Å². The standard InChI is InChI=1S/C26H31N5OS/c1-4-23-29-24-25(27-21-7-5-6-8-22(21)28-26(24)33-23)31-16-15-30(2)19(17-31)12-9-18-10-13-20(32-3)14-11-18/h5-8,10-11,13-14,19,28H,4,9,12,15-17H2,1-3H3. The third-order valence-corrected chi connectivity index (χ3v) is 7.68. The fraction of sp³-hybridized carbons (Fsp3) is 0.385. The summed E-state index contributed by atoms with van der Waals surface area (Å²) in [7, 11) is 3.95. The van der Waals surface area contributed by atoms with Gasteiger partial charge in [0.05, 0.1) is 23.5 Å². The van der Waals surface area contributed by atoms with Gasteiger partial charge in [0.25, 0.3) is 0 Å². The molecule has 1 aromatic heterocycles. The second-order valence-corrected chi connectivity index (χ2v) is 9.77. The molecule has 0 bridgehead atoms. The van der Waals surface area contributed by atoms with Gasteiger partial charge < -0.3 is 15.0 Å². The monoisotopic (exact) mass is 461 g/mol. The van der Waals surface area contributed by atoms with Crippen molar-refractivity contribution in [3.05, 3.63) is 64.8 Å². The highest BCUT2D eigenvalue weighted by atomic mass is 32.1. The summed E-state index contributed by atoms with van der Waals surface area (Å²) in [6, 6.07) is 17.2. The van der Waals surface area contributed by atoms with Crippen LogP contribution in [0.2, 0.25) is 0 Å². The zero-order valence-corrected chi connectivity index (χ0v) is 20.4. The van der Waals surface area contributed by atoms with E-state index in [4.69, 9.17) is 14.7 Å². The molecule has 1 N–H and O–H groups in total. The van der Waals surface area contributed by atoms with Crippen LogP contribution in [0, 0.1) is 0 Å². The summed E-state index contributed by atoms with van der Waals surface area (Å²) in [5, 5.41) is 5.84. The van der Waals surface area contributed by atoms with E-state index in [2.05, 4.69) is 59.4 Å². The summed E-state index contributed by atoms with van der Waals surface area (Å²) < 4.78 is 5.30. The van der Waals surface area contributed by atoms with Crippen LogP contribution >= 0.6 is 11.3 Å². The largest absolute Gasteiger partial charge is 0.497 e. The average molecular weight is 462 g/mol. The lowest BCUT2D eigenvalue weighted by Crippen LogP contribution is -2.53. The molecule has 3 aromatic rings. The Morgan fingerprint density at radius 3 is 2.73 bits per heavy atom. The van der Waals surface area contributed by atoms with E-state index in [-0.39, 0.29) is 0 Å². The molecule has 0 aliphatic carbocycles. The van der Waals surface area contributed by atoms with Gasteiger partial charge in [-0.1, -0.05) is 31.2 Å². The minimum Gasteiger partial charge on any atom is -0.497 e. The van der Waals surface area contributed by atoms with Crippen LogP contribution in [0.5, 0.6) is 5.75 Å². The van der Waals surface area contributed by atoms with Crippen LogP contribution in [0.3, 0.4) is 0 Å². The van der Waals surface area contributed by atoms with Crippen LogP contribution in [0.4, 0.5) is 16.4 Å². The zero-order chi connectivity index (χ0) is 22.8. The molecule has 1 atom stereocenters. The molecule has 33 heavy (non-hydrogen) atoms. The minimum atomic E-state index is 0.461. The molecule has 1 saturated heterocycles. The molecule has 6 nitrogen and oxygen atoms in total. The van der Waals surface area contributed by atoms with E-state index in [0.29, 0.717) is 6.04 Å². The first-order chi connectivity index (χ1) is 16.1. The molecule has 0 amide bonds. The van der Waals surface area contributed by atoms with Crippen LogP contribution in [0.15, 0.2) is 53.5 Å². The van der Waals surface area contributed by atoms with Crippen molar-refractivity contribution in [1.29, 1.82) is 0 Å². The Labute approximate surface area is 199 Å². The Hall–Kier alpha value is -2.90. The highest BCUT2D eigenvalue weighted by molar-refractivity contribution is 7.16. The molecule has 5 rings (SSSR count). The summed E-state index contributed by atoms with van der Waals surface area (Å²) >= 11 is 1.74. The number of nitrogens with zero attached hydrogens (tertiary/aromatic N) is 4. The van der Waals surface area contributed by atoms with Crippen LogP contribution in [0.25, 0.3) is 0 Å². The molecule has 172 valence electrons. The second kappa shape index (κ2) is 9.53. The zero-order valence-electron chi connectivity index (χ0n) is 19.5. The number of para-hydroxylation sites is 2. The van der Waals surface area contributed by atoms with E-state index in [1.165, 1.54) is 5.56 Å². The lowest BCUT2D eigenvalue weighted by Gasteiger charge is -2.40. The molecular weight excluding hydrogens is 430 g/mol. The number of rotatable bonds is 5. The molecule has 0 saturated carbocycles. The van der Waals surface area contributed by atoms with Crippen molar-refractivity contribution >= 4 is 33.5 Å². The van der Waals surface area contributed by atoms with Gasteiger partial charge in [0.15, 0.2) is 5.84 Å². The summed E-state index contributed by atoms with van der Waals surface area (Å²) in [5.41, 5.74) is 4.36. The van der Waals surface area contributed by atoms with Gasteiger partial charge in [-0.25, -0.2) is 9.98 Å². The quantitative estimate of drug-likeness (QED) is 0.573. The van der Waals surface area contributed by atoms with Gasteiger partial charge >= 0.3 is 0 Å². The molecule has 7 heteroatoms. The summed E-state index contributed by atoms with van der Waals surface area (Å²) in [6.07, 6.45) is 3.08. The number of amidine groups is 1. The first-order valence-electron chi connectivity index (χ1n) is 11.7. The topological polar surface area (TPSA) is 53.0 Å². The molecular formula is C26H31N5OS. The number of thiazole rings is 1. The highest BCUT2D eigenvalue weighted by Gasteiger charge is 2.31. The number of methoxy groups -OCH3 is 1. The number of aromatic nitrogens is 1. The molecule has 2 aliphatic heterocycles. The third kappa shape index (κ3) is 4.61. The van der Waals surface area contributed by atoms with E-state index in [1.54, 1.807) is 18.4 Å². The van der Waals surface area contributed by atoms with E-state index in [0.717, 1.165) is 77.6 Å². The number of hydrogen-bond donors (Lipinski definition) is 1. The van der Waals surface area contributed by atoms with Crippen molar-refractivity contribution in [2.24, 2.45) is 4.99 Å². The number of hydrogen-bond acceptors (Lipinski definition) is 7. The Morgan fingerprint density at radius 1 is 1.12 bits per heavy atom. The van der Waals surface area contributed by atoms with E-state index < -0.39 is 0 Å². The fourth-order valence-electron chi connectivity index (χ4n) is 4.51. The predicted octanol–water partition coefficient (Wildman–Crippen LogP) is 5.10. The fourth-order valence-corrected chi connectivity index (χ4v) is 5.43. The minimum absolute atomic E-state index is 0.461. The van der Waals surface area contributed by atoms with Crippen molar-refractivity contribution in [2.45, 2.75) is 32.2 Å². The first-order valence-corrected chi connectivity index (χ1v) is 12.5. The molecule has 0 spiro atoms. The highest BCUT2D eigenvalue weighted by Crippen LogP contribution is 2.38. The average Bonchev–Trinajstić information content (AvgIpc) is 3.19. The van der Waals surface area contributed by atoms with E-state index in [9.17, 15) is 0 Å². The SMILES string of the molecule is CCc1nc2c(s1)Nc1ccccc1N=C2N1CCN(C)C(CCc2ccc(OC)cc2)C1. The first kappa shape index (κ1) is 21.9. The van der Waals surface area contributed by atoms with Crippen LogP contribution < -0.4 is 10.1 Å². The van der Waals surface area contributed by atoms with Gasteiger partial charge in [-0.15, -0.1) is 11.3 Å². The normalized spacial score (nSPS) is 18.1.